The van der Waals surface area contributed by atoms with Crippen LogP contribution in [0.25, 0.3) is 49.5 Å². The van der Waals surface area contributed by atoms with Crippen LogP contribution in [0.5, 0.6) is 0 Å². The second-order valence-electron chi connectivity index (χ2n) is 12.2. The number of para-hydroxylation sites is 2. The quantitative estimate of drug-likeness (QED) is 0.186. The lowest BCUT2D eigenvalue weighted by Crippen LogP contribution is -2.30. The van der Waals surface area contributed by atoms with Gasteiger partial charge < -0.3 is 0 Å². The highest BCUT2D eigenvalue weighted by Gasteiger charge is 2.33. The second-order valence-corrected chi connectivity index (χ2v) is 13.2. The zero-order valence-corrected chi connectivity index (χ0v) is 26.3. The summed E-state index contributed by atoms with van der Waals surface area (Å²) in [4.78, 5) is 5.06. The number of nitrogens with zero attached hydrogens (tertiary/aromatic N) is 3. The van der Waals surface area contributed by atoms with E-state index in [9.17, 15) is 0 Å². The fourth-order valence-electron chi connectivity index (χ4n) is 6.07. The van der Waals surface area contributed by atoms with Gasteiger partial charge in [-0.05, 0) is 65.8 Å². The van der Waals surface area contributed by atoms with Gasteiger partial charge in [-0.1, -0.05) is 90.1 Å². The molecule has 4 aromatic carbocycles. The zero-order valence-electron chi connectivity index (χ0n) is 25.5. The van der Waals surface area contributed by atoms with E-state index in [-0.39, 0.29) is 0 Å². The molecule has 0 bridgehead atoms. The highest BCUT2D eigenvalue weighted by molar-refractivity contribution is 7.19. The highest BCUT2D eigenvalue weighted by Crippen LogP contribution is 2.42. The summed E-state index contributed by atoms with van der Waals surface area (Å²) in [6.07, 6.45) is 0. The van der Waals surface area contributed by atoms with Gasteiger partial charge in [-0.25, -0.2) is 9.55 Å². The molecule has 208 valence electrons. The van der Waals surface area contributed by atoms with Gasteiger partial charge in [0.15, 0.2) is 11.0 Å². The number of imidazole rings is 1. The summed E-state index contributed by atoms with van der Waals surface area (Å²) in [6, 6.07) is 28.9. The van der Waals surface area contributed by atoms with Crippen LogP contribution in [-0.4, -0.2) is 9.55 Å². The first-order valence-corrected chi connectivity index (χ1v) is 15.6. The summed E-state index contributed by atoms with van der Waals surface area (Å²) in [5.41, 5.74) is 12.7. The number of thiazole rings is 1. The van der Waals surface area contributed by atoms with Crippen molar-refractivity contribution >= 4 is 32.6 Å². The molecule has 0 aliphatic rings. The van der Waals surface area contributed by atoms with Gasteiger partial charge in [0.1, 0.15) is 5.69 Å². The van der Waals surface area contributed by atoms with Crippen molar-refractivity contribution in [2.24, 2.45) is 7.05 Å². The summed E-state index contributed by atoms with van der Waals surface area (Å²) >= 11 is 1.85. The van der Waals surface area contributed by atoms with Gasteiger partial charge in [0, 0.05) is 17.0 Å². The van der Waals surface area contributed by atoms with Gasteiger partial charge in [-0.3, -0.25) is 0 Å². The van der Waals surface area contributed by atoms with Crippen molar-refractivity contribution in [2.45, 2.75) is 66.2 Å². The van der Waals surface area contributed by atoms with E-state index < -0.39 is 0 Å². The van der Waals surface area contributed by atoms with Gasteiger partial charge in [-0.15, -0.1) is 11.3 Å². The summed E-state index contributed by atoms with van der Waals surface area (Å²) in [7, 11) is 2.22. The van der Waals surface area contributed by atoms with Crippen LogP contribution in [-0.2, 0) is 7.05 Å². The Balaban J connectivity index is 1.78. The molecule has 4 heteroatoms. The standard InChI is InChI=1S/C37H40N3S/c1-22(2)28-20-27(26-14-10-9-11-15-26)21-29(23(3)4)34(28)40-32-17-13-12-16-31(32)39(8)37(40)33-25(7)18-19-30-35(33)41-36(38-30)24(5)6/h9-24H,1-8H3/q+1. The van der Waals surface area contributed by atoms with Gasteiger partial charge in [0.2, 0.25) is 0 Å². The van der Waals surface area contributed by atoms with E-state index in [1.54, 1.807) is 0 Å². The van der Waals surface area contributed by atoms with Crippen molar-refractivity contribution in [1.29, 1.82) is 0 Å². The molecular formula is C37H40N3S+. The number of aromatic nitrogens is 3. The van der Waals surface area contributed by atoms with E-state index in [1.165, 1.54) is 65.6 Å². The van der Waals surface area contributed by atoms with Crippen LogP contribution >= 0.6 is 11.3 Å². The Kier molecular flexibility index (Phi) is 7.07. The Morgan fingerprint density at radius 2 is 1.37 bits per heavy atom. The molecular weight excluding hydrogens is 518 g/mol. The third kappa shape index (κ3) is 4.59. The van der Waals surface area contributed by atoms with Crippen molar-refractivity contribution in [3.63, 3.8) is 0 Å². The highest BCUT2D eigenvalue weighted by atomic mass is 32.1. The molecule has 0 spiro atoms. The molecule has 0 amide bonds. The van der Waals surface area contributed by atoms with Crippen LogP contribution in [0.2, 0.25) is 0 Å². The van der Waals surface area contributed by atoms with Crippen molar-refractivity contribution in [1.82, 2.24) is 9.55 Å². The molecule has 0 fully saturated rings. The SMILES string of the molecule is Cc1ccc2nc(C(C)C)sc2c1-c1n(-c2c(C(C)C)cc(-c3ccccc3)cc2C(C)C)c2ccccc2[n+]1C. The van der Waals surface area contributed by atoms with Crippen LogP contribution in [0.15, 0.2) is 78.9 Å². The van der Waals surface area contributed by atoms with E-state index in [2.05, 4.69) is 144 Å². The number of hydrogen-bond donors (Lipinski definition) is 0. The minimum atomic E-state index is 0.346. The number of fused-ring (bicyclic) bond motifs is 2. The Hall–Kier alpha value is -3.76. The maximum Gasteiger partial charge on any atom is 0.296 e. The number of aryl methyl sites for hydroxylation is 2. The van der Waals surface area contributed by atoms with Gasteiger partial charge in [0.25, 0.3) is 5.82 Å². The lowest BCUT2D eigenvalue weighted by atomic mass is 9.88. The minimum absolute atomic E-state index is 0.346. The molecule has 0 radical (unpaired) electrons. The predicted octanol–water partition coefficient (Wildman–Crippen LogP) is 10.1. The molecule has 6 aromatic rings. The topological polar surface area (TPSA) is 21.7 Å². The minimum Gasteiger partial charge on any atom is -0.241 e. The number of rotatable bonds is 6. The molecule has 2 heterocycles. The van der Waals surface area contributed by atoms with Crippen LogP contribution in [0.3, 0.4) is 0 Å². The van der Waals surface area contributed by atoms with E-state index in [0.717, 1.165) is 5.52 Å². The molecule has 0 atom stereocenters. The average molecular weight is 559 g/mol. The summed E-state index contributed by atoms with van der Waals surface area (Å²) < 4.78 is 6.22. The predicted molar refractivity (Wildman–Crippen MR) is 176 cm³/mol. The normalized spacial score (nSPS) is 12.1. The fourth-order valence-corrected chi connectivity index (χ4v) is 7.23. The van der Waals surface area contributed by atoms with Crippen molar-refractivity contribution in [3.05, 3.63) is 101 Å². The first kappa shape index (κ1) is 27.4. The van der Waals surface area contributed by atoms with Crippen LogP contribution in [0.4, 0.5) is 0 Å². The van der Waals surface area contributed by atoms with Crippen molar-refractivity contribution in [3.8, 4) is 28.2 Å². The molecule has 0 saturated heterocycles. The van der Waals surface area contributed by atoms with Crippen molar-refractivity contribution < 1.29 is 4.57 Å². The van der Waals surface area contributed by atoms with Crippen LogP contribution < -0.4 is 4.57 Å². The third-order valence-corrected chi connectivity index (χ3v) is 9.65. The lowest BCUT2D eigenvalue weighted by Gasteiger charge is -2.21. The maximum absolute atomic E-state index is 5.06. The molecule has 2 aromatic heterocycles. The molecule has 41 heavy (non-hydrogen) atoms. The monoisotopic (exact) mass is 558 g/mol. The first-order chi connectivity index (χ1) is 19.7. The molecule has 6 rings (SSSR count). The van der Waals surface area contributed by atoms with E-state index in [1.807, 2.05) is 11.3 Å². The van der Waals surface area contributed by atoms with Crippen LogP contribution in [0.1, 0.15) is 81.0 Å². The summed E-state index contributed by atoms with van der Waals surface area (Å²) in [5.74, 6) is 2.30. The summed E-state index contributed by atoms with van der Waals surface area (Å²) in [6.45, 7) is 16.0. The van der Waals surface area contributed by atoms with Gasteiger partial charge in [-0.2, -0.15) is 4.57 Å². The molecule has 0 saturated carbocycles. The molecule has 0 N–H and O–H groups in total. The van der Waals surface area contributed by atoms with Gasteiger partial charge >= 0.3 is 0 Å². The Labute approximate surface area is 248 Å². The largest absolute Gasteiger partial charge is 0.296 e. The first-order valence-electron chi connectivity index (χ1n) is 14.8. The second kappa shape index (κ2) is 10.6. The molecule has 0 aliphatic carbocycles. The van der Waals surface area contributed by atoms with Gasteiger partial charge in [0.05, 0.1) is 27.8 Å². The smallest absolute Gasteiger partial charge is 0.241 e. The number of benzene rings is 4. The maximum atomic E-state index is 5.06. The Morgan fingerprint density at radius 3 is 2.00 bits per heavy atom. The number of hydrogen-bond acceptors (Lipinski definition) is 2. The lowest BCUT2D eigenvalue weighted by molar-refractivity contribution is -0.633. The molecule has 0 aliphatic heterocycles. The summed E-state index contributed by atoms with van der Waals surface area (Å²) in [5, 5.41) is 1.19. The van der Waals surface area contributed by atoms with E-state index >= 15 is 0 Å². The molecule has 0 unspecified atom stereocenters. The Bertz CT molecular complexity index is 1860. The van der Waals surface area contributed by atoms with E-state index in [4.69, 9.17) is 4.98 Å². The molecule has 3 nitrogen and oxygen atoms in total. The Morgan fingerprint density at radius 1 is 0.732 bits per heavy atom. The zero-order chi connectivity index (χ0) is 29.0. The third-order valence-electron chi connectivity index (χ3n) is 8.26. The fraction of sp³-hybridized carbons (Fsp3) is 0.297. The van der Waals surface area contributed by atoms with Crippen molar-refractivity contribution in [2.75, 3.05) is 0 Å². The van der Waals surface area contributed by atoms with Crippen LogP contribution in [0, 0.1) is 6.92 Å². The average Bonchev–Trinajstić information content (AvgIpc) is 3.52. The van der Waals surface area contributed by atoms with E-state index in [0.29, 0.717) is 17.8 Å².